The maximum absolute atomic E-state index is 10.9. The summed E-state index contributed by atoms with van der Waals surface area (Å²) in [6, 6.07) is 0. The quantitative estimate of drug-likeness (QED) is 0.587. The number of carboxylic acids is 1. The molecule has 0 amide bonds. The first-order valence-corrected chi connectivity index (χ1v) is 4.85. The minimum absolute atomic E-state index is 0.125. The van der Waals surface area contributed by atoms with Crippen molar-refractivity contribution in [3.8, 4) is 0 Å². The highest BCUT2D eigenvalue weighted by atomic mass is 16.8. The fourth-order valence-corrected chi connectivity index (χ4v) is 1.26. The third-order valence-corrected chi connectivity index (χ3v) is 2.20. The van der Waals surface area contributed by atoms with Gasteiger partial charge in [-0.2, -0.15) is 0 Å². The molecule has 0 aliphatic carbocycles. The number of allylic oxidation sites excluding steroid dienone is 1. The standard InChI is InChI=1S/C11H14O5/c1-7(9(12)13)5-4-6-8-11(2,3)16-10(14)15-8/h6H,1,4-5H2,2-3H3,(H,12,13). The van der Waals surface area contributed by atoms with E-state index in [-0.39, 0.29) is 5.57 Å². The molecule has 5 heteroatoms. The fourth-order valence-electron chi connectivity index (χ4n) is 1.26. The average Bonchev–Trinajstić information content (AvgIpc) is 2.39. The zero-order valence-corrected chi connectivity index (χ0v) is 9.28. The Labute approximate surface area is 93.3 Å². The van der Waals surface area contributed by atoms with E-state index in [0.717, 1.165) is 0 Å². The second-order valence-corrected chi connectivity index (χ2v) is 3.98. The van der Waals surface area contributed by atoms with Crippen LogP contribution in [-0.2, 0) is 14.3 Å². The van der Waals surface area contributed by atoms with E-state index in [1.165, 1.54) is 0 Å². The van der Waals surface area contributed by atoms with Gasteiger partial charge in [0.15, 0.2) is 11.4 Å². The van der Waals surface area contributed by atoms with E-state index >= 15 is 0 Å². The summed E-state index contributed by atoms with van der Waals surface area (Å²) in [5.74, 6) is -0.604. The average molecular weight is 226 g/mol. The van der Waals surface area contributed by atoms with E-state index in [9.17, 15) is 9.59 Å². The maximum atomic E-state index is 10.9. The van der Waals surface area contributed by atoms with Gasteiger partial charge in [0.05, 0.1) is 0 Å². The second kappa shape index (κ2) is 4.38. The molecule has 0 spiro atoms. The molecule has 1 N–H and O–H groups in total. The molecule has 0 bridgehead atoms. The van der Waals surface area contributed by atoms with Crippen LogP contribution in [0.4, 0.5) is 4.79 Å². The summed E-state index contributed by atoms with van der Waals surface area (Å²) in [4.78, 5) is 21.4. The number of hydrogen-bond acceptors (Lipinski definition) is 4. The Hall–Kier alpha value is -1.78. The summed E-state index contributed by atoms with van der Waals surface area (Å²) in [6.45, 7) is 6.81. The minimum Gasteiger partial charge on any atom is -0.478 e. The van der Waals surface area contributed by atoms with Crippen molar-refractivity contribution in [2.45, 2.75) is 32.3 Å². The van der Waals surface area contributed by atoms with Crippen molar-refractivity contribution in [1.82, 2.24) is 0 Å². The van der Waals surface area contributed by atoms with E-state index in [4.69, 9.17) is 14.6 Å². The number of carbonyl (C=O) groups excluding carboxylic acids is 1. The van der Waals surface area contributed by atoms with Gasteiger partial charge in [-0.15, -0.1) is 0 Å². The van der Waals surface area contributed by atoms with Gasteiger partial charge in [-0.05, 0) is 32.8 Å². The van der Waals surface area contributed by atoms with Gasteiger partial charge < -0.3 is 14.6 Å². The Morgan fingerprint density at radius 3 is 2.62 bits per heavy atom. The van der Waals surface area contributed by atoms with Gasteiger partial charge >= 0.3 is 12.1 Å². The van der Waals surface area contributed by atoms with Crippen LogP contribution < -0.4 is 0 Å². The predicted octanol–water partition coefficient (Wildman–Crippen LogP) is 2.24. The molecule has 0 unspecified atom stereocenters. The highest BCUT2D eigenvalue weighted by Crippen LogP contribution is 2.30. The Balaban J connectivity index is 2.55. The van der Waals surface area contributed by atoms with Crippen LogP contribution in [0.3, 0.4) is 0 Å². The summed E-state index contributed by atoms with van der Waals surface area (Å²) in [5.41, 5.74) is -0.651. The van der Waals surface area contributed by atoms with E-state index < -0.39 is 17.7 Å². The van der Waals surface area contributed by atoms with Crippen LogP contribution in [-0.4, -0.2) is 22.8 Å². The molecule has 1 aliphatic heterocycles. The number of aliphatic carboxylic acids is 1. The Kier molecular flexibility index (Phi) is 3.37. The van der Waals surface area contributed by atoms with Crippen LogP contribution in [0.5, 0.6) is 0 Å². The van der Waals surface area contributed by atoms with Crippen LogP contribution in [0.1, 0.15) is 26.7 Å². The van der Waals surface area contributed by atoms with Gasteiger partial charge in [-0.1, -0.05) is 6.58 Å². The smallest absolute Gasteiger partial charge is 0.478 e. The Morgan fingerprint density at radius 1 is 1.56 bits per heavy atom. The van der Waals surface area contributed by atoms with Gasteiger partial charge in [0.2, 0.25) is 0 Å². The van der Waals surface area contributed by atoms with Crippen LogP contribution in [0.15, 0.2) is 24.0 Å². The fraction of sp³-hybridized carbons (Fsp3) is 0.455. The first-order valence-electron chi connectivity index (χ1n) is 4.85. The van der Waals surface area contributed by atoms with Crippen molar-refractivity contribution >= 4 is 12.1 Å². The van der Waals surface area contributed by atoms with Crippen LogP contribution in [0.25, 0.3) is 0 Å². The number of rotatable bonds is 4. The number of hydrogen-bond donors (Lipinski definition) is 1. The van der Waals surface area contributed by atoms with Crippen LogP contribution in [0.2, 0.25) is 0 Å². The molecule has 0 atom stereocenters. The number of ether oxygens (including phenoxy) is 2. The summed E-state index contributed by atoms with van der Waals surface area (Å²) < 4.78 is 9.74. The zero-order valence-electron chi connectivity index (χ0n) is 9.28. The SMILES string of the molecule is C=C(CCC=C1OC(=O)OC1(C)C)C(=O)O. The molecule has 0 aromatic rings. The molecule has 1 aliphatic rings. The van der Waals surface area contributed by atoms with Crippen molar-refractivity contribution in [2.24, 2.45) is 0 Å². The first kappa shape index (κ1) is 12.3. The van der Waals surface area contributed by atoms with E-state index in [1.54, 1.807) is 19.9 Å². The van der Waals surface area contributed by atoms with Gasteiger partial charge in [-0.25, -0.2) is 9.59 Å². The second-order valence-electron chi connectivity index (χ2n) is 3.98. The number of cyclic esters (lactones) is 2. The molecule has 1 heterocycles. The van der Waals surface area contributed by atoms with Crippen molar-refractivity contribution in [2.75, 3.05) is 0 Å². The Bertz CT molecular complexity index is 365. The molecule has 0 aromatic carbocycles. The molecule has 1 rings (SSSR count). The molecule has 1 fully saturated rings. The molecule has 0 aromatic heterocycles. The molecular weight excluding hydrogens is 212 g/mol. The lowest BCUT2D eigenvalue weighted by Gasteiger charge is -2.13. The molecule has 0 radical (unpaired) electrons. The van der Waals surface area contributed by atoms with E-state index in [2.05, 4.69) is 6.58 Å². The Morgan fingerprint density at radius 2 is 2.19 bits per heavy atom. The summed E-state index contributed by atoms with van der Waals surface area (Å²) in [7, 11) is 0. The maximum Gasteiger partial charge on any atom is 0.514 e. The normalized spacial score (nSPS) is 20.4. The molecule has 88 valence electrons. The largest absolute Gasteiger partial charge is 0.514 e. The lowest BCUT2D eigenvalue weighted by Crippen LogP contribution is -2.20. The van der Waals surface area contributed by atoms with Gasteiger partial charge in [0, 0.05) is 5.57 Å². The van der Waals surface area contributed by atoms with Crippen LogP contribution in [0, 0.1) is 0 Å². The summed E-state index contributed by atoms with van der Waals surface area (Å²) in [5, 5.41) is 8.59. The summed E-state index contributed by atoms with van der Waals surface area (Å²) >= 11 is 0. The van der Waals surface area contributed by atoms with Crippen LogP contribution >= 0.6 is 0 Å². The molecule has 1 saturated heterocycles. The molecule has 5 nitrogen and oxygen atoms in total. The highest BCUT2D eigenvalue weighted by Gasteiger charge is 2.38. The third-order valence-electron chi connectivity index (χ3n) is 2.20. The van der Waals surface area contributed by atoms with Crippen molar-refractivity contribution in [3.63, 3.8) is 0 Å². The lowest BCUT2D eigenvalue weighted by molar-refractivity contribution is -0.132. The van der Waals surface area contributed by atoms with Crippen molar-refractivity contribution in [1.29, 1.82) is 0 Å². The molecular formula is C11H14O5. The third kappa shape index (κ3) is 2.85. The highest BCUT2D eigenvalue weighted by molar-refractivity contribution is 5.85. The first-order chi connectivity index (χ1) is 7.33. The predicted molar refractivity (Wildman–Crippen MR) is 55.7 cm³/mol. The minimum atomic E-state index is -1.02. The topological polar surface area (TPSA) is 72.8 Å². The van der Waals surface area contributed by atoms with E-state index in [0.29, 0.717) is 18.6 Å². The number of carbonyl (C=O) groups is 2. The number of carboxylic acid groups (broad SMARTS) is 1. The van der Waals surface area contributed by atoms with Gasteiger partial charge in [0.25, 0.3) is 0 Å². The molecule has 0 saturated carbocycles. The van der Waals surface area contributed by atoms with Gasteiger partial charge in [0.1, 0.15) is 0 Å². The molecule has 16 heavy (non-hydrogen) atoms. The van der Waals surface area contributed by atoms with Crippen molar-refractivity contribution < 1.29 is 24.2 Å². The monoisotopic (exact) mass is 226 g/mol. The van der Waals surface area contributed by atoms with Crippen molar-refractivity contribution in [3.05, 3.63) is 24.0 Å². The summed E-state index contributed by atoms with van der Waals surface area (Å²) in [6.07, 6.45) is 1.68. The van der Waals surface area contributed by atoms with E-state index in [1.807, 2.05) is 0 Å². The zero-order chi connectivity index (χ0) is 12.3. The van der Waals surface area contributed by atoms with Gasteiger partial charge in [-0.3, -0.25) is 0 Å². The lowest BCUT2D eigenvalue weighted by atomic mass is 10.0.